The average Bonchev–Trinajstić information content (AvgIpc) is 2.21. The van der Waals surface area contributed by atoms with E-state index >= 15 is 0 Å². The first kappa shape index (κ1) is 12.3. The lowest BCUT2D eigenvalue weighted by Crippen LogP contribution is -2.23. The van der Waals surface area contributed by atoms with Crippen molar-refractivity contribution in [3.63, 3.8) is 0 Å². The van der Waals surface area contributed by atoms with Crippen LogP contribution in [0.2, 0.25) is 0 Å². The topological polar surface area (TPSA) is 56.0 Å². The molecule has 1 aromatic rings. The molecule has 2 N–H and O–H groups in total. The second-order valence-corrected chi connectivity index (χ2v) is 4.47. The molecule has 1 aromatic heterocycles. The largest absolute Gasteiger partial charge is 0.327 e. The minimum Gasteiger partial charge on any atom is -0.327 e. The smallest absolute Gasteiger partial charge is 0.140 e. The zero-order chi connectivity index (χ0) is 11.3. The van der Waals surface area contributed by atoms with Gasteiger partial charge in [-0.3, -0.25) is 9.78 Å². The van der Waals surface area contributed by atoms with E-state index in [0.29, 0.717) is 12.8 Å². The van der Waals surface area contributed by atoms with Crippen LogP contribution in [0.5, 0.6) is 0 Å². The Bertz CT molecular complexity index is 324. The van der Waals surface area contributed by atoms with Crippen molar-refractivity contribution in [2.75, 3.05) is 0 Å². The molecule has 0 spiro atoms. The van der Waals surface area contributed by atoms with Gasteiger partial charge in [-0.05, 0) is 34.5 Å². The van der Waals surface area contributed by atoms with Gasteiger partial charge in [-0.1, -0.05) is 6.92 Å². The molecule has 0 bridgehead atoms. The molecule has 0 saturated carbocycles. The third kappa shape index (κ3) is 4.53. The maximum absolute atomic E-state index is 11.5. The molecule has 0 aliphatic heterocycles. The molecule has 3 nitrogen and oxygen atoms in total. The summed E-state index contributed by atoms with van der Waals surface area (Å²) in [6.07, 6.45) is 3.34. The van der Waals surface area contributed by atoms with Crippen LogP contribution in [-0.2, 0) is 11.2 Å². The van der Waals surface area contributed by atoms with Gasteiger partial charge >= 0.3 is 0 Å². The van der Waals surface area contributed by atoms with Crippen molar-refractivity contribution in [1.82, 2.24) is 4.98 Å². The zero-order valence-corrected chi connectivity index (χ0v) is 10.3. The number of nitrogens with zero attached hydrogens (tertiary/aromatic N) is 1. The Morgan fingerprint density at radius 1 is 1.60 bits per heavy atom. The van der Waals surface area contributed by atoms with Gasteiger partial charge in [0.25, 0.3) is 0 Å². The molecule has 82 valence electrons. The summed E-state index contributed by atoms with van der Waals surface area (Å²) < 4.78 is 0.920. The van der Waals surface area contributed by atoms with E-state index in [1.807, 2.05) is 19.1 Å². The molecule has 0 aliphatic carbocycles. The summed E-state index contributed by atoms with van der Waals surface area (Å²) in [4.78, 5) is 15.7. The van der Waals surface area contributed by atoms with E-state index in [1.54, 1.807) is 6.20 Å². The summed E-state index contributed by atoms with van der Waals surface area (Å²) in [5, 5.41) is 0. The van der Waals surface area contributed by atoms with E-state index < -0.39 is 0 Å². The highest BCUT2D eigenvalue weighted by atomic mass is 79.9. The van der Waals surface area contributed by atoms with E-state index in [1.165, 1.54) is 0 Å². The van der Waals surface area contributed by atoms with E-state index in [0.717, 1.165) is 16.6 Å². The molecule has 15 heavy (non-hydrogen) atoms. The van der Waals surface area contributed by atoms with E-state index in [4.69, 9.17) is 5.73 Å². The number of halogens is 1. The van der Waals surface area contributed by atoms with Crippen LogP contribution >= 0.6 is 15.9 Å². The number of hydrogen-bond donors (Lipinski definition) is 1. The predicted molar refractivity (Wildman–Crippen MR) is 63.5 cm³/mol. The lowest BCUT2D eigenvalue weighted by molar-refractivity contribution is -0.118. The van der Waals surface area contributed by atoms with Crippen LogP contribution in [0.1, 0.15) is 25.5 Å². The van der Waals surface area contributed by atoms with Crippen LogP contribution in [0, 0.1) is 0 Å². The van der Waals surface area contributed by atoms with Gasteiger partial charge in [0.15, 0.2) is 0 Å². The first-order chi connectivity index (χ1) is 7.11. The van der Waals surface area contributed by atoms with Crippen molar-refractivity contribution < 1.29 is 4.79 Å². The molecule has 0 aliphatic rings. The molecule has 1 atom stereocenters. The average molecular weight is 271 g/mol. The summed E-state index contributed by atoms with van der Waals surface area (Å²) >= 11 is 3.30. The number of aromatic nitrogens is 1. The highest BCUT2D eigenvalue weighted by Gasteiger charge is 2.09. The monoisotopic (exact) mass is 270 g/mol. The predicted octanol–water partition coefficient (Wildman–Crippen LogP) is 2.08. The van der Waals surface area contributed by atoms with Crippen molar-refractivity contribution in [2.24, 2.45) is 5.73 Å². The number of hydrogen-bond acceptors (Lipinski definition) is 3. The Kier molecular flexibility index (Phi) is 4.91. The van der Waals surface area contributed by atoms with Crippen LogP contribution in [0.4, 0.5) is 0 Å². The first-order valence-electron chi connectivity index (χ1n) is 4.99. The fourth-order valence-electron chi connectivity index (χ4n) is 1.22. The van der Waals surface area contributed by atoms with E-state index in [9.17, 15) is 4.79 Å². The van der Waals surface area contributed by atoms with Crippen LogP contribution in [0.25, 0.3) is 0 Å². The molecule has 1 heterocycles. The Labute approximate surface area is 98.2 Å². The Hall–Kier alpha value is -0.740. The Morgan fingerprint density at radius 3 is 2.87 bits per heavy atom. The molecule has 1 rings (SSSR count). The van der Waals surface area contributed by atoms with E-state index in [-0.39, 0.29) is 11.8 Å². The summed E-state index contributed by atoms with van der Waals surface area (Å²) in [6, 6.07) is 3.71. The Balaban J connectivity index is 2.48. The Morgan fingerprint density at radius 2 is 2.33 bits per heavy atom. The van der Waals surface area contributed by atoms with Crippen molar-refractivity contribution in [3.8, 4) is 0 Å². The van der Waals surface area contributed by atoms with Crippen LogP contribution in [0.3, 0.4) is 0 Å². The number of rotatable bonds is 5. The molecule has 0 fully saturated rings. The van der Waals surface area contributed by atoms with Gasteiger partial charge in [0.1, 0.15) is 5.78 Å². The van der Waals surface area contributed by atoms with Crippen molar-refractivity contribution in [1.29, 1.82) is 0 Å². The quantitative estimate of drug-likeness (QED) is 0.892. The van der Waals surface area contributed by atoms with Crippen molar-refractivity contribution in [3.05, 3.63) is 28.5 Å². The number of Topliss-reactive ketones (excluding diaryl/α,β-unsaturated/α-hetero) is 1. The maximum Gasteiger partial charge on any atom is 0.140 e. The number of ketones is 1. The van der Waals surface area contributed by atoms with E-state index in [2.05, 4.69) is 20.9 Å². The number of pyridine rings is 1. The second-order valence-electron chi connectivity index (χ2n) is 3.56. The summed E-state index contributed by atoms with van der Waals surface area (Å²) in [5.74, 6) is 0.152. The zero-order valence-electron chi connectivity index (χ0n) is 8.74. The summed E-state index contributed by atoms with van der Waals surface area (Å²) in [6.45, 7) is 1.98. The van der Waals surface area contributed by atoms with Gasteiger partial charge in [0.05, 0.1) is 0 Å². The summed E-state index contributed by atoms with van der Waals surface area (Å²) in [7, 11) is 0. The number of carbonyl (C=O) groups excluding carboxylic acids is 1. The molecular weight excluding hydrogens is 256 g/mol. The normalized spacial score (nSPS) is 12.5. The molecule has 4 heteroatoms. The first-order valence-corrected chi connectivity index (χ1v) is 5.78. The van der Waals surface area contributed by atoms with Gasteiger partial charge in [0.2, 0.25) is 0 Å². The number of carbonyl (C=O) groups is 1. The third-order valence-corrected chi connectivity index (χ3v) is 2.65. The van der Waals surface area contributed by atoms with Gasteiger partial charge in [-0.15, -0.1) is 0 Å². The molecule has 0 saturated heterocycles. The summed E-state index contributed by atoms with van der Waals surface area (Å²) in [5.41, 5.74) is 6.50. The van der Waals surface area contributed by atoms with Crippen LogP contribution in [0.15, 0.2) is 22.8 Å². The third-order valence-electron chi connectivity index (χ3n) is 2.18. The highest BCUT2D eigenvalue weighted by molar-refractivity contribution is 9.10. The second kappa shape index (κ2) is 5.98. The molecule has 1 unspecified atom stereocenters. The van der Waals surface area contributed by atoms with Gasteiger partial charge < -0.3 is 5.73 Å². The minimum atomic E-state index is -0.0204. The SMILES string of the molecule is CCC(N)CC(=O)Cc1ccc(Br)cn1. The number of nitrogens with two attached hydrogens (primary N) is 1. The fraction of sp³-hybridized carbons (Fsp3) is 0.455. The van der Waals surface area contributed by atoms with Crippen molar-refractivity contribution in [2.45, 2.75) is 32.2 Å². The minimum absolute atomic E-state index is 0.0204. The standard InChI is InChI=1S/C11H15BrN2O/c1-2-9(13)5-11(15)6-10-4-3-8(12)7-14-10/h3-4,7,9H,2,5-6,13H2,1H3. The molecule has 0 radical (unpaired) electrons. The highest BCUT2D eigenvalue weighted by Crippen LogP contribution is 2.08. The lowest BCUT2D eigenvalue weighted by atomic mass is 10.1. The maximum atomic E-state index is 11.5. The lowest BCUT2D eigenvalue weighted by Gasteiger charge is -2.06. The molecule has 0 amide bonds. The van der Waals surface area contributed by atoms with Crippen LogP contribution in [-0.4, -0.2) is 16.8 Å². The molecular formula is C11H15BrN2O. The van der Waals surface area contributed by atoms with Gasteiger partial charge in [-0.25, -0.2) is 0 Å². The van der Waals surface area contributed by atoms with Gasteiger partial charge in [-0.2, -0.15) is 0 Å². The van der Waals surface area contributed by atoms with Gasteiger partial charge in [0, 0.05) is 35.2 Å². The van der Waals surface area contributed by atoms with Crippen LogP contribution < -0.4 is 5.73 Å². The van der Waals surface area contributed by atoms with Crippen molar-refractivity contribution >= 4 is 21.7 Å². The molecule has 0 aromatic carbocycles. The fourth-order valence-corrected chi connectivity index (χ4v) is 1.46.